The summed E-state index contributed by atoms with van der Waals surface area (Å²) >= 11 is 0. The number of nitrogens with one attached hydrogen (secondary N) is 1. The summed E-state index contributed by atoms with van der Waals surface area (Å²) in [5.74, 6) is -0.311. The zero-order valence-electron chi connectivity index (χ0n) is 12.5. The maximum Gasteiger partial charge on any atom is 0.273 e. The van der Waals surface area contributed by atoms with Gasteiger partial charge in [-0.15, -0.1) is 0 Å². The summed E-state index contributed by atoms with van der Waals surface area (Å²) in [6, 6.07) is 10.1. The number of nitrogens with zero attached hydrogens (tertiary/aromatic N) is 1. The first kappa shape index (κ1) is 16.2. The second kappa shape index (κ2) is 6.69. The number of hydrogen-bond acceptors (Lipinski definition) is 5. The highest BCUT2D eigenvalue weighted by atomic mass is 16.6. The van der Waals surface area contributed by atoms with Crippen LogP contribution in [0.15, 0.2) is 42.5 Å². The molecule has 0 saturated carbocycles. The van der Waals surface area contributed by atoms with Crippen LogP contribution in [0, 0.1) is 10.1 Å². The fourth-order valence-corrected chi connectivity index (χ4v) is 1.95. The van der Waals surface area contributed by atoms with Crippen molar-refractivity contribution >= 4 is 23.1 Å². The fourth-order valence-electron chi connectivity index (χ4n) is 1.95. The third-order valence-corrected chi connectivity index (χ3v) is 3.20. The van der Waals surface area contributed by atoms with Gasteiger partial charge in [-0.25, -0.2) is 0 Å². The van der Waals surface area contributed by atoms with Gasteiger partial charge in [-0.3, -0.25) is 19.7 Å². The molecule has 2 rings (SSSR count). The van der Waals surface area contributed by atoms with Crippen LogP contribution in [0.1, 0.15) is 27.6 Å². The van der Waals surface area contributed by atoms with E-state index < -0.39 is 10.8 Å². The Balaban J connectivity index is 2.22. The predicted octanol–water partition coefficient (Wildman–Crippen LogP) is 3.06. The molecule has 0 unspecified atom stereocenters. The SMILES string of the molecule is COc1cc([N+](=O)[O-])ccc1NC(=O)c1ccc(C(C)=O)cc1. The molecule has 0 radical (unpaired) electrons. The van der Waals surface area contributed by atoms with E-state index in [-0.39, 0.29) is 17.2 Å². The Morgan fingerprint density at radius 2 is 1.70 bits per heavy atom. The van der Waals surface area contributed by atoms with Gasteiger partial charge in [0.05, 0.1) is 23.8 Å². The van der Waals surface area contributed by atoms with E-state index >= 15 is 0 Å². The molecule has 2 aromatic rings. The lowest BCUT2D eigenvalue weighted by molar-refractivity contribution is -0.384. The molecule has 0 aliphatic carbocycles. The molecule has 7 heteroatoms. The van der Waals surface area contributed by atoms with Crippen molar-refractivity contribution in [2.75, 3.05) is 12.4 Å². The van der Waals surface area contributed by atoms with Crippen molar-refractivity contribution in [2.45, 2.75) is 6.92 Å². The number of methoxy groups -OCH3 is 1. The molecule has 0 aromatic heterocycles. The van der Waals surface area contributed by atoms with Gasteiger partial charge in [-0.2, -0.15) is 0 Å². The first-order chi connectivity index (χ1) is 10.9. The first-order valence-electron chi connectivity index (χ1n) is 6.67. The largest absolute Gasteiger partial charge is 0.494 e. The van der Waals surface area contributed by atoms with Gasteiger partial charge in [0.25, 0.3) is 11.6 Å². The van der Waals surface area contributed by atoms with Crippen molar-refractivity contribution < 1.29 is 19.2 Å². The summed E-state index contributed by atoms with van der Waals surface area (Å²) in [6.07, 6.45) is 0. The van der Waals surface area contributed by atoms with Crippen molar-refractivity contribution in [1.29, 1.82) is 0 Å². The number of amides is 1. The lowest BCUT2D eigenvalue weighted by atomic mass is 10.1. The summed E-state index contributed by atoms with van der Waals surface area (Å²) in [4.78, 5) is 33.6. The molecule has 118 valence electrons. The average molecular weight is 314 g/mol. The highest BCUT2D eigenvalue weighted by molar-refractivity contribution is 6.05. The molecule has 23 heavy (non-hydrogen) atoms. The normalized spacial score (nSPS) is 10.0. The van der Waals surface area contributed by atoms with Crippen LogP contribution >= 0.6 is 0 Å². The molecule has 0 heterocycles. The predicted molar refractivity (Wildman–Crippen MR) is 84.0 cm³/mol. The Hall–Kier alpha value is -3.22. The zero-order valence-corrected chi connectivity index (χ0v) is 12.5. The van der Waals surface area contributed by atoms with Crippen LogP contribution in [0.3, 0.4) is 0 Å². The van der Waals surface area contributed by atoms with Crippen molar-refractivity contribution in [3.05, 3.63) is 63.7 Å². The standard InChI is InChI=1S/C16H14N2O5/c1-10(19)11-3-5-12(6-4-11)16(20)17-14-8-7-13(18(21)22)9-15(14)23-2/h3-9H,1-2H3,(H,17,20). The van der Waals surface area contributed by atoms with Crippen molar-refractivity contribution in [2.24, 2.45) is 0 Å². The molecule has 0 bridgehead atoms. The lowest BCUT2D eigenvalue weighted by Gasteiger charge is -2.10. The van der Waals surface area contributed by atoms with Gasteiger partial charge in [0.2, 0.25) is 0 Å². The minimum atomic E-state index is -0.547. The molecule has 0 fully saturated rings. The Labute approximate surface area is 132 Å². The number of rotatable bonds is 5. The fraction of sp³-hybridized carbons (Fsp3) is 0.125. The number of benzene rings is 2. The van der Waals surface area contributed by atoms with Crippen LogP contribution in [0.25, 0.3) is 0 Å². The van der Waals surface area contributed by atoms with Crippen LogP contribution in [0.4, 0.5) is 11.4 Å². The van der Waals surface area contributed by atoms with Crippen LogP contribution < -0.4 is 10.1 Å². The highest BCUT2D eigenvalue weighted by Crippen LogP contribution is 2.29. The van der Waals surface area contributed by atoms with E-state index in [1.54, 1.807) is 12.1 Å². The zero-order chi connectivity index (χ0) is 17.0. The van der Waals surface area contributed by atoms with Crippen LogP contribution in [0.5, 0.6) is 5.75 Å². The number of nitro benzene ring substituents is 1. The third kappa shape index (κ3) is 3.70. The summed E-state index contributed by atoms with van der Waals surface area (Å²) < 4.78 is 5.06. The molecule has 0 atom stereocenters. The minimum absolute atomic E-state index is 0.0889. The van der Waals surface area contributed by atoms with Gasteiger partial charge < -0.3 is 10.1 Å². The Morgan fingerprint density at radius 3 is 2.22 bits per heavy atom. The Bertz CT molecular complexity index is 769. The molecular weight excluding hydrogens is 300 g/mol. The summed E-state index contributed by atoms with van der Waals surface area (Å²) in [5.41, 5.74) is 1.05. The molecule has 0 aliphatic heterocycles. The number of carbonyl (C=O) groups is 2. The second-order valence-electron chi connectivity index (χ2n) is 4.73. The van der Waals surface area contributed by atoms with Crippen molar-refractivity contribution in [1.82, 2.24) is 0 Å². The summed E-state index contributed by atoms with van der Waals surface area (Å²) in [5, 5.41) is 13.4. The Kier molecular flexibility index (Phi) is 4.70. The number of carbonyl (C=O) groups excluding carboxylic acids is 2. The van der Waals surface area contributed by atoms with Gasteiger partial charge >= 0.3 is 0 Å². The van der Waals surface area contributed by atoms with Crippen molar-refractivity contribution in [3.8, 4) is 5.75 Å². The number of nitro groups is 1. The summed E-state index contributed by atoms with van der Waals surface area (Å²) in [6.45, 7) is 1.44. The molecule has 0 aliphatic rings. The van der Waals surface area contributed by atoms with Crippen LogP contribution in [-0.4, -0.2) is 23.7 Å². The second-order valence-corrected chi connectivity index (χ2v) is 4.73. The van der Waals surface area contributed by atoms with E-state index in [9.17, 15) is 19.7 Å². The molecule has 0 saturated heterocycles. The summed E-state index contributed by atoms with van der Waals surface area (Å²) in [7, 11) is 1.36. The van der Waals surface area contributed by atoms with Crippen LogP contribution in [0.2, 0.25) is 0 Å². The Morgan fingerprint density at radius 1 is 1.09 bits per heavy atom. The van der Waals surface area contributed by atoms with Gasteiger partial charge in [-0.1, -0.05) is 12.1 Å². The van der Waals surface area contributed by atoms with Gasteiger partial charge in [0.1, 0.15) is 5.75 Å². The number of ketones is 1. The minimum Gasteiger partial charge on any atom is -0.494 e. The molecule has 1 N–H and O–H groups in total. The van der Waals surface area contributed by atoms with Crippen LogP contribution in [-0.2, 0) is 0 Å². The van der Waals surface area contributed by atoms with E-state index in [1.165, 1.54) is 44.4 Å². The monoisotopic (exact) mass is 314 g/mol. The van der Waals surface area contributed by atoms with Gasteiger partial charge in [-0.05, 0) is 25.1 Å². The van der Waals surface area contributed by atoms with E-state index in [1.807, 2.05) is 0 Å². The van der Waals surface area contributed by atoms with E-state index in [0.29, 0.717) is 16.8 Å². The third-order valence-electron chi connectivity index (χ3n) is 3.20. The maximum absolute atomic E-state index is 12.2. The first-order valence-corrected chi connectivity index (χ1v) is 6.67. The average Bonchev–Trinajstić information content (AvgIpc) is 2.55. The smallest absolute Gasteiger partial charge is 0.273 e. The van der Waals surface area contributed by atoms with E-state index in [2.05, 4.69) is 5.32 Å². The number of Topliss-reactive ketones (excluding diaryl/α,β-unsaturated/α-hetero) is 1. The highest BCUT2D eigenvalue weighted by Gasteiger charge is 2.14. The van der Waals surface area contributed by atoms with Gasteiger partial charge in [0.15, 0.2) is 5.78 Å². The van der Waals surface area contributed by atoms with Crippen molar-refractivity contribution in [3.63, 3.8) is 0 Å². The number of hydrogen-bond donors (Lipinski definition) is 1. The van der Waals surface area contributed by atoms with E-state index in [4.69, 9.17) is 4.74 Å². The molecule has 2 aromatic carbocycles. The number of ether oxygens (including phenoxy) is 1. The lowest BCUT2D eigenvalue weighted by Crippen LogP contribution is -2.13. The molecular formula is C16H14N2O5. The molecule has 7 nitrogen and oxygen atoms in total. The maximum atomic E-state index is 12.2. The number of non-ortho nitro benzene ring substituents is 1. The van der Waals surface area contributed by atoms with Gasteiger partial charge in [0, 0.05) is 17.2 Å². The van der Waals surface area contributed by atoms with E-state index in [0.717, 1.165) is 0 Å². The number of anilines is 1. The quantitative estimate of drug-likeness (QED) is 0.519. The molecule has 0 spiro atoms. The molecule has 1 amide bonds. The topological polar surface area (TPSA) is 98.5 Å².